The van der Waals surface area contributed by atoms with E-state index in [1.165, 1.54) is 6.42 Å². The van der Waals surface area contributed by atoms with Crippen LogP contribution in [0.25, 0.3) is 0 Å². The molecule has 100 valence electrons. The van der Waals surface area contributed by atoms with Crippen LogP contribution in [-0.2, 0) is 0 Å². The maximum Gasteiger partial charge on any atom is 0.160 e. The highest BCUT2D eigenvalue weighted by molar-refractivity contribution is 5.55. The third-order valence-corrected chi connectivity index (χ3v) is 3.65. The molecule has 0 aliphatic heterocycles. The van der Waals surface area contributed by atoms with Gasteiger partial charge in [0, 0.05) is 18.2 Å². The number of hydrogen-bond acceptors (Lipinski definition) is 4. The molecule has 18 heavy (non-hydrogen) atoms. The first-order valence-electron chi connectivity index (χ1n) is 6.63. The molecule has 1 aliphatic rings. The summed E-state index contributed by atoms with van der Waals surface area (Å²) in [6.07, 6.45) is 5.96. The minimum absolute atomic E-state index is 0.167. The Kier molecular flexibility index (Phi) is 4.42. The Morgan fingerprint density at radius 3 is 2.94 bits per heavy atom. The van der Waals surface area contributed by atoms with Gasteiger partial charge in [0.2, 0.25) is 0 Å². The SMILES string of the molecule is COc1cnc(C)cc1NCC1CCCCC1O. The number of ether oxygens (including phenoxy) is 1. The molecular formula is C14H22N2O2. The van der Waals surface area contributed by atoms with Gasteiger partial charge < -0.3 is 15.2 Å². The van der Waals surface area contributed by atoms with E-state index in [4.69, 9.17) is 4.74 Å². The van der Waals surface area contributed by atoms with Crippen molar-refractivity contribution in [3.63, 3.8) is 0 Å². The summed E-state index contributed by atoms with van der Waals surface area (Å²) in [5.41, 5.74) is 1.92. The molecule has 0 aromatic carbocycles. The third-order valence-electron chi connectivity index (χ3n) is 3.65. The number of aryl methyl sites for hydroxylation is 1. The second-order valence-corrected chi connectivity index (χ2v) is 5.02. The van der Waals surface area contributed by atoms with Gasteiger partial charge in [-0.05, 0) is 25.8 Å². The average molecular weight is 250 g/mol. The zero-order chi connectivity index (χ0) is 13.0. The van der Waals surface area contributed by atoms with Crippen LogP contribution in [0.15, 0.2) is 12.3 Å². The van der Waals surface area contributed by atoms with Crippen LogP contribution in [0.2, 0.25) is 0 Å². The van der Waals surface area contributed by atoms with Crippen molar-refractivity contribution in [3.05, 3.63) is 18.0 Å². The zero-order valence-corrected chi connectivity index (χ0v) is 11.1. The zero-order valence-electron chi connectivity index (χ0n) is 11.1. The van der Waals surface area contributed by atoms with Gasteiger partial charge in [-0.3, -0.25) is 4.98 Å². The molecule has 1 aliphatic carbocycles. The van der Waals surface area contributed by atoms with Gasteiger partial charge in [-0.15, -0.1) is 0 Å². The summed E-state index contributed by atoms with van der Waals surface area (Å²) in [5, 5.41) is 13.3. The Hall–Kier alpha value is -1.29. The third kappa shape index (κ3) is 3.13. The molecule has 0 amide bonds. The normalized spacial score (nSPS) is 23.7. The van der Waals surface area contributed by atoms with Crippen molar-refractivity contribution in [2.75, 3.05) is 19.0 Å². The van der Waals surface area contributed by atoms with Crippen LogP contribution >= 0.6 is 0 Å². The molecular weight excluding hydrogens is 228 g/mol. The Morgan fingerprint density at radius 1 is 1.44 bits per heavy atom. The van der Waals surface area contributed by atoms with E-state index >= 15 is 0 Å². The number of methoxy groups -OCH3 is 1. The largest absolute Gasteiger partial charge is 0.493 e. The summed E-state index contributed by atoms with van der Waals surface area (Å²) in [6.45, 7) is 2.75. The quantitative estimate of drug-likeness (QED) is 0.861. The molecule has 1 heterocycles. The summed E-state index contributed by atoms with van der Waals surface area (Å²) in [6, 6.07) is 1.98. The van der Waals surface area contributed by atoms with Crippen molar-refractivity contribution in [3.8, 4) is 5.75 Å². The van der Waals surface area contributed by atoms with E-state index < -0.39 is 0 Å². The number of aliphatic hydroxyl groups is 1. The highest BCUT2D eigenvalue weighted by Crippen LogP contribution is 2.27. The van der Waals surface area contributed by atoms with Crippen molar-refractivity contribution in [1.29, 1.82) is 0 Å². The van der Waals surface area contributed by atoms with E-state index in [2.05, 4.69) is 10.3 Å². The molecule has 0 radical (unpaired) electrons. The number of nitrogens with zero attached hydrogens (tertiary/aromatic N) is 1. The minimum Gasteiger partial charge on any atom is -0.493 e. The number of aliphatic hydroxyl groups excluding tert-OH is 1. The lowest BCUT2D eigenvalue weighted by Crippen LogP contribution is -2.30. The predicted molar refractivity (Wildman–Crippen MR) is 72.0 cm³/mol. The van der Waals surface area contributed by atoms with Gasteiger partial charge in [0.05, 0.1) is 25.1 Å². The maximum absolute atomic E-state index is 9.94. The van der Waals surface area contributed by atoms with Crippen LogP contribution in [0.4, 0.5) is 5.69 Å². The summed E-state index contributed by atoms with van der Waals surface area (Å²) >= 11 is 0. The first-order chi connectivity index (χ1) is 8.70. The molecule has 2 N–H and O–H groups in total. The molecule has 0 saturated heterocycles. The average Bonchev–Trinajstić information content (AvgIpc) is 2.38. The van der Waals surface area contributed by atoms with E-state index in [1.54, 1.807) is 13.3 Å². The van der Waals surface area contributed by atoms with Crippen LogP contribution in [-0.4, -0.2) is 29.8 Å². The number of hydrogen-bond donors (Lipinski definition) is 2. The number of aromatic nitrogens is 1. The van der Waals surface area contributed by atoms with Crippen LogP contribution in [0, 0.1) is 12.8 Å². The topological polar surface area (TPSA) is 54.4 Å². The van der Waals surface area contributed by atoms with Crippen LogP contribution in [0.1, 0.15) is 31.4 Å². The molecule has 1 aromatic heterocycles. The molecule has 0 spiro atoms. The van der Waals surface area contributed by atoms with E-state index in [9.17, 15) is 5.11 Å². The van der Waals surface area contributed by atoms with Gasteiger partial charge in [0.1, 0.15) is 0 Å². The number of pyridine rings is 1. The lowest BCUT2D eigenvalue weighted by molar-refractivity contribution is 0.0763. The summed E-state index contributed by atoms with van der Waals surface area (Å²) in [5.74, 6) is 1.10. The molecule has 1 fully saturated rings. The Bertz CT molecular complexity index is 395. The monoisotopic (exact) mass is 250 g/mol. The summed E-state index contributed by atoms with van der Waals surface area (Å²) in [4.78, 5) is 4.21. The molecule has 1 aromatic rings. The van der Waals surface area contributed by atoms with E-state index in [-0.39, 0.29) is 6.10 Å². The van der Waals surface area contributed by atoms with Gasteiger partial charge in [0.25, 0.3) is 0 Å². The van der Waals surface area contributed by atoms with Gasteiger partial charge in [-0.2, -0.15) is 0 Å². The molecule has 1 saturated carbocycles. The number of anilines is 1. The van der Waals surface area contributed by atoms with Crippen molar-refractivity contribution < 1.29 is 9.84 Å². The van der Waals surface area contributed by atoms with E-state index in [0.29, 0.717) is 5.92 Å². The van der Waals surface area contributed by atoms with Crippen LogP contribution in [0.5, 0.6) is 5.75 Å². The fourth-order valence-electron chi connectivity index (χ4n) is 2.52. The molecule has 2 rings (SSSR count). The Morgan fingerprint density at radius 2 is 2.22 bits per heavy atom. The van der Waals surface area contributed by atoms with Crippen molar-refractivity contribution in [2.24, 2.45) is 5.92 Å². The number of nitrogens with one attached hydrogen (secondary N) is 1. The second-order valence-electron chi connectivity index (χ2n) is 5.02. The second kappa shape index (κ2) is 6.05. The van der Waals surface area contributed by atoms with E-state index in [0.717, 1.165) is 42.9 Å². The molecule has 2 atom stereocenters. The fraction of sp³-hybridized carbons (Fsp3) is 0.643. The summed E-state index contributed by atoms with van der Waals surface area (Å²) < 4.78 is 5.28. The van der Waals surface area contributed by atoms with Gasteiger partial charge >= 0.3 is 0 Å². The summed E-state index contributed by atoms with van der Waals surface area (Å²) in [7, 11) is 1.65. The van der Waals surface area contributed by atoms with Gasteiger partial charge in [-0.25, -0.2) is 0 Å². The van der Waals surface area contributed by atoms with Crippen LogP contribution < -0.4 is 10.1 Å². The first-order valence-corrected chi connectivity index (χ1v) is 6.63. The molecule has 0 bridgehead atoms. The highest BCUT2D eigenvalue weighted by Gasteiger charge is 2.22. The molecule has 2 unspecified atom stereocenters. The van der Waals surface area contributed by atoms with Crippen LogP contribution in [0.3, 0.4) is 0 Å². The maximum atomic E-state index is 9.94. The lowest BCUT2D eigenvalue weighted by atomic mass is 9.86. The smallest absolute Gasteiger partial charge is 0.160 e. The Balaban J connectivity index is 1.98. The van der Waals surface area contributed by atoms with Gasteiger partial charge in [0.15, 0.2) is 5.75 Å². The fourth-order valence-corrected chi connectivity index (χ4v) is 2.52. The van der Waals surface area contributed by atoms with Gasteiger partial charge in [-0.1, -0.05) is 12.8 Å². The first kappa shape index (κ1) is 13.1. The number of rotatable bonds is 4. The van der Waals surface area contributed by atoms with Crippen molar-refractivity contribution in [1.82, 2.24) is 4.98 Å². The Labute approximate surface area is 108 Å². The highest BCUT2D eigenvalue weighted by atomic mass is 16.5. The molecule has 4 heteroatoms. The lowest BCUT2D eigenvalue weighted by Gasteiger charge is -2.28. The molecule has 4 nitrogen and oxygen atoms in total. The van der Waals surface area contributed by atoms with Crippen molar-refractivity contribution in [2.45, 2.75) is 38.7 Å². The van der Waals surface area contributed by atoms with E-state index in [1.807, 2.05) is 13.0 Å². The minimum atomic E-state index is -0.167. The predicted octanol–water partition coefficient (Wildman–Crippen LogP) is 2.36. The standard InChI is InChI=1S/C14H22N2O2/c1-10-7-12(14(18-2)9-15-10)16-8-11-5-3-4-6-13(11)17/h7,9,11,13,17H,3-6,8H2,1-2H3,(H,15,16). The van der Waals surface area contributed by atoms with Crippen molar-refractivity contribution >= 4 is 5.69 Å².